The number of hydrogen-bond donors (Lipinski definition) is 1. The lowest BCUT2D eigenvalue weighted by molar-refractivity contribution is -0.124. The first-order valence-corrected chi connectivity index (χ1v) is 16.4. The molecule has 8 nitrogen and oxygen atoms in total. The molecule has 2 aromatic heterocycles. The average molecular weight is 593 g/mol. The number of amides is 1. The van der Waals surface area contributed by atoms with Gasteiger partial charge in [-0.1, -0.05) is 18.8 Å². The van der Waals surface area contributed by atoms with E-state index in [9.17, 15) is 14.7 Å². The molecular weight excluding hydrogens is 548 g/mol. The number of nitrogens with zero attached hydrogens (tertiary/aromatic N) is 4. The highest BCUT2D eigenvalue weighted by atomic mass is 32.1. The van der Waals surface area contributed by atoms with E-state index in [4.69, 9.17) is 9.72 Å². The average Bonchev–Trinajstić information content (AvgIpc) is 3.64. The molecule has 1 saturated heterocycles. The summed E-state index contributed by atoms with van der Waals surface area (Å²) in [6.45, 7) is 10.3. The van der Waals surface area contributed by atoms with E-state index >= 15 is 0 Å². The largest absolute Gasteiger partial charge is 0.477 e. The summed E-state index contributed by atoms with van der Waals surface area (Å²) in [6, 6.07) is 1.74. The summed E-state index contributed by atoms with van der Waals surface area (Å²) in [5, 5.41) is 10.2. The van der Waals surface area contributed by atoms with Crippen molar-refractivity contribution in [1.82, 2.24) is 9.97 Å². The van der Waals surface area contributed by atoms with E-state index in [0.29, 0.717) is 22.4 Å². The number of carboxylic acids is 1. The highest BCUT2D eigenvalue weighted by Crippen LogP contribution is 2.39. The molecule has 2 aliphatic carbocycles. The van der Waals surface area contributed by atoms with Crippen LogP contribution in [0.2, 0.25) is 0 Å². The van der Waals surface area contributed by atoms with Gasteiger partial charge in [-0.05, 0) is 97.0 Å². The molecule has 42 heavy (non-hydrogen) atoms. The van der Waals surface area contributed by atoms with Crippen LogP contribution < -0.4 is 14.5 Å². The molecule has 0 bridgehead atoms. The zero-order valence-electron chi connectivity index (χ0n) is 25.4. The van der Waals surface area contributed by atoms with Gasteiger partial charge < -0.3 is 19.6 Å². The molecule has 0 radical (unpaired) electrons. The molecule has 0 aromatic carbocycles. The molecule has 5 rings (SSSR count). The highest BCUT2D eigenvalue weighted by Gasteiger charge is 2.38. The van der Waals surface area contributed by atoms with Gasteiger partial charge in [0.25, 0.3) is 0 Å². The van der Waals surface area contributed by atoms with Crippen LogP contribution in [-0.4, -0.2) is 52.2 Å². The lowest BCUT2D eigenvalue weighted by atomic mass is 9.81. The van der Waals surface area contributed by atoms with E-state index in [0.717, 1.165) is 70.3 Å². The minimum atomic E-state index is -1.01. The maximum absolute atomic E-state index is 14.2. The molecule has 2 saturated carbocycles. The van der Waals surface area contributed by atoms with Crippen LogP contribution in [-0.2, 0) is 4.79 Å². The lowest BCUT2D eigenvalue weighted by Gasteiger charge is -2.39. The number of aromatic nitrogens is 2. The lowest BCUT2D eigenvalue weighted by Crippen LogP contribution is -2.47. The van der Waals surface area contributed by atoms with Crippen LogP contribution in [0.15, 0.2) is 18.5 Å². The standard InChI is InChI=1S/C33H44N4O4S/c1-22-7-9-23(10-8-22)31(38)37(27-19-26(15-16-33(2,3)4)42-30(27)32(39)40)24-11-13-25(14-12-24)41-29-21-34-20-28(35-29)36-17-5-6-18-36/h19-25H,5-14,17-18H2,1-4H3,(H,39,40). The number of thiophene rings is 1. The number of aromatic carboxylic acids is 1. The van der Waals surface area contributed by atoms with Gasteiger partial charge in [-0.15, -0.1) is 11.3 Å². The molecule has 0 atom stereocenters. The Morgan fingerprint density at radius 1 is 1.05 bits per heavy atom. The van der Waals surface area contributed by atoms with Crippen molar-refractivity contribution in [3.63, 3.8) is 0 Å². The number of carbonyl (C=O) groups is 2. The molecule has 1 amide bonds. The Morgan fingerprint density at radius 3 is 2.38 bits per heavy atom. The van der Waals surface area contributed by atoms with Crippen molar-refractivity contribution < 1.29 is 19.4 Å². The topological polar surface area (TPSA) is 95.9 Å². The third-order valence-electron chi connectivity index (χ3n) is 8.66. The fourth-order valence-electron chi connectivity index (χ4n) is 6.31. The summed E-state index contributed by atoms with van der Waals surface area (Å²) >= 11 is 1.17. The summed E-state index contributed by atoms with van der Waals surface area (Å²) in [4.78, 5) is 40.7. The van der Waals surface area contributed by atoms with E-state index in [2.05, 4.69) is 28.6 Å². The second-order valence-corrected chi connectivity index (χ2v) is 14.3. The zero-order chi connectivity index (χ0) is 29.9. The quantitative estimate of drug-likeness (QED) is 0.354. The van der Waals surface area contributed by atoms with Crippen molar-refractivity contribution in [1.29, 1.82) is 0 Å². The maximum atomic E-state index is 14.2. The molecule has 9 heteroatoms. The maximum Gasteiger partial charge on any atom is 0.348 e. The monoisotopic (exact) mass is 592 g/mol. The fraction of sp³-hybridized carbons (Fsp3) is 0.636. The zero-order valence-corrected chi connectivity index (χ0v) is 26.2. The first-order valence-electron chi connectivity index (χ1n) is 15.5. The Balaban J connectivity index is 1.36. The van der Waals surface area contributed by atoms with Gasteiger partial charge in [0.1, 0.15) is 11.0 Å². The van der Waals surface area contributed by atoms with Crippen LogP contribution in [0, 0.1) is 29.1 Å². The molecule has 1 aliphatic heterocycles. The van der Waals surface area contributed by atoms with Gasteiger partial charge >= 0.3 is 5.97 Å². The van der Waals surface area contributed by atoms with Gasteiger partial charge in [0.05, 0.1) is 23.0 Å². The Kier molecular flexibility index (Phi) is 9.41. The fourth-order valence-corrected chi connectivity index (χ4v) is 7.15. The molecule has 2 aromatic rings. The number of carboxylic acid groups (broad SMARTS) is 1. The van der Waals surface area contributed by atoms with E-state index in [1.54, 1.807) is 12.4 Å². The third-order valence-corrected chi connectivity index (χ3v) is 9.68. The molecular formula is C33H44N4O4S. The summed E-state index contributed by atoms with van der Waals surface area (Å²) in [7, 11) is 0. The van der Waals surface area contributed by atoms with Gasteiger partial charge in [-0.2, -0.15) is 4.98 Å². The van der Waals surface area contributed by atoms with Crippen molar-refractivity contribution >= 4 is 34.7 Å². The Morgan fingerprint density at radius 2 is 1.74 bits per heavy atom. The Hall–Kier alpha value is -3.12. The van der Waals surface area contributed by atoms with Gasteiger partial charge in [0.15, 0.2) is 5.82 Å². The van der Waals surface area contributed by atoms with E-state index in [1.807, 2.05) is 31.7 Å². The number of carbonyl (C=O) groups excluding carboxylic acids is 1. The molecule has 1 N–H and O–H groups in total. The van der Waals surface area contributed by atoms with Crippen LogP contribution in [0.25, 0.3) is 0 Å². The highest BCUT2D eigenvalue weighted by molar-refractivity contribution is 7.15. The van der Waals surface area contributed by atoms with E-state index in [-0.39, 0.29) is 34.3 Å². The minimum absolute atomic E-state index is 0.0218. The predicted molar refractivity (Wildman–Crippen MR) is 166 cm³/mol. The molecule has 0 spiro atoms. The van der Waals surface area contributed by atoms with Crippen LogP contribution in [0.5, 0.6) is 5.88 Å². The summed E-state index contributed by atoms with van der Waals surface area (Å²) in [6.07, 6.45) is 12.5. The number of rotatable bonds is 7. The second kappa shape index (κ2) is 13.0. The molecule has 3 fully saturated rings. The first kappa shape index (κ1) is 30.3. The molecule has 226 valence electrons. The molecule has 3 aliphatic rings. The predicted octanol–water partition coefficient (Wildman–Crippen LogP) is 6.78. The Bertz CT molecular complexity index is 1320. The summed E-state index contributed by atoms with van der Waals surface area (Å²) < 4.78 is 6.29. The molecule has 0 unspecified atom stereocenters. The van der Waals surface area contributed by atoms with Crippen LogP contribution >= 0.6 is 11.3 Å². The van der Waals surface area contributed by atoms with Crippen molar-refractivity contribution in [2.45, 2.75) is 104 Å². The van der Waals surface area contributed by atoms with Gasteiger partial charge in [0.2, 0.25) is 11.8 Å². The van der Waals surface area contributed by atoms with Crippen LogP contribution in [0.3, 0.4) is 0 Å². The normalized spacial score (nSPS) is 24.5. The van der Waals surface area contributed by atoms with Crippen molar-refractivity contribution in [2.24, 2.45) is 17.3 Å². The van der Waals surface area contributed by atoms with Crippen LogP contribution in [0.4, 0.5) is 11.5 Å². The third kappa shape index (κ3) is 7.44. The minimum Gasteiger partial charge on any atom is -0.477 e. The number of anilines is 2. The van der Waals surface area contributed by atoms with Gasteiger partial charge in [-0.3, -0.25) is 9.78 Å². The van der Waals surface area contributed by atoms with Crippen molar-refractivity contribution in [2.75, 3.05) is 22.9 Å². The SMILES string of the molecule is CC1CCC(C(=O)N(c2cc(C#CC(C)(C)C)sc2C(=O)O)C2CCC(Oc3cncc(N4CCCC4)n3)CC2)CC1. The second-order valence-electron chi connectivity index (χ2n) is 13.3. The Labute approximate surface area is 253 Å². The van der Waals surface area contributed by atoms with Gasteiger partial charge in [0, 0.05) is 30.5 Å². The number of ether oxygens (including phenoxy) is 1. The van der Waals surface area contributed by atoms with Crippen LogP contribution in [0.1, 0.15) is 106 Å². The summed E-state index contributed by atoms with van der Waals surface area (Å²) in [5.41, 5.74) is 0.293. The van der Waals surface area contributed by atoms with E-state index in [1.165, 1.54) is 24.2 Å². The van der Waals surface area contributed by atoms with Crippen molar-refractivity contribution in [3.05, 3.63) is 28.2 Å². The van der Waals surface area contributed by atoms with E-state index < -0.39 is 5.97 Å². The van der Waals surface area contributed by atoms with Crippen molar-refractivity contribution in [3.8, 4) is 17.7 Å². The number of hydrogen-bond acceptors (Lipinski definition) is 7. The summed E-state index contributed by atoms with van der Waals surface area (Å²) in [5.74, 6) is 7.39. The molecule has 3 heterocycles. The van der Waals surface area contributed by atoms with Gasteiger partial charge in [-0.25, -0.2) is 4.79 Å². The smallest absolute Gasteiger partial charge is 0.348 e. The first-order chi connectivity index (χ1) is 20.1.